The zero-order valence-corrected chi connectivity index (χ0v) is 10.0. The SMILES string of the molecule is Cc1ccc(CC(=O)O)c(C#N)c1SC(F)(F)F. The minimum Gasteiger partial charge on any atom is -0.481 e. The number of hydrogen-bond acceptors (Lipinski definition) is 3. The van der Waals surface area contributed by atoms with Crippen molar-refractivity contribution in [3.63, 3.8) is 0 Å². The quantitative estimate of drug-likeness (QED) is 0.861. The highest BCUT2D eigenvalue weighted by Gasteiger charge is 2.32. The van der Waals surface area contributed by atoms with E-state index in [1.807, 2.05) is 0 Å². The number of nitriles is 1. The van der Waals surface area contributed by atoms with Crippen LogP contribution in [0.2, 0.25) is 0 Å². The second kappa shape index (κ2) is 5.31. The van der Waals surface area contributed by atoms with Crippen LogP contribution in [0.4, 0.5) is 13.2 Å². The van der Waals surface area contributed by atoms with Crippen LogP contribution in [-0.2, 0) is 11.2 Å². The monoisotopic (exact) mass is 275 g/mol. The summed E-state index contributed by atoms with van der Waals surface area (Å²) in [5, 5.41) is 17.6. The third-order valence-electron chi connectivity index (χ3n) is 2.11. The van der Waals surface area contributed by atoms with E-state index < -0.39 is 29.7 Å². The Labute approximate surface area is 105 Å². The van der Waals surface area contributed by atoms with Crippen molar-refractivity contribution in [3.8, 4) is 6.07 Å². The number of carboxylic acids is 1. The second-order valence-corrected chi connectivity index (χ2v) is 4.55. The summed E-state index contributed by atoms with van der Waals surface area (Å²) < 4.78 is 37.1. The van der Waals surface area contributed by atoms with Crippen molar-refractivity contribution >= 4 is 17.7 Å². The fraction of sp³-hybridized carbons (Fsp3) is 0.273. The average molecular weight is 275 g/mol. The normalized spacial score (nSPS) is 11.1. The third-order valence-corrected chi connectivity index (χ3v) is 3.07. The van der Waals surface area contributed by atoms with Crippen molar-refractivity contribution in [2.45, 2.75) is 23.7 Å². The van der Waals surface area contributed by atoms with Crippen LogP contribution in [0.1, 0.15) is 16.7 Å². The molecule has 1 N–H and O–H groups in total. The van der Waals surface area contributed by atoms with E-state index in [2.05, 4.69) is 0 Å². The number of halogens is 3. The molecule has 0 aliphatic rings. The summed E-state index contributed by atoms with van der Waals surface area (Å²) in [6.07, 6.45) is -0.478. The maximum Gasteiger partial charge on any atom is 0.446 e. The van der Waals surface area contributed by atoms with Crippen molar-refractivity contribution in [1.82, 2.24) is 0 Å². The van der Waals surface area contributed by atoms with E-state index in [0.717, 1.165) is 0 Å². The highest BCUT2D eigenvalue weighted by molar-refractivity contribution is 8.00. The number of benzene rings is 1. The number of rotatable bonds is 3. The number of nitrogens with zero attached hydrogens (tertiary/aromatic N) is 1. The number of carbonyl (C=O) groups is 1. The predicted octanol–water partition coefficient (Wildman–Crippen LogP) is 3.11. The number of alkyl halides is 3. The molecule has 0 saturated heterocycles. The molecule has 3 nitrogen and oxygen atoms in total. The first-order valence-corrected chi connectivity index (χ1v) is 5.56. The summed E-state index contributed by atoms with van der Waals surface area (Å²) in [6, 6.07) is 4.39. The molecule has 18 heavy (non-hydrogen) atoms. The Morgan fingerprint density at radius 1 is 1.50 bits per heavy atom. The number of aryl methyl sites for hydroxylation is 1. The Balaban J connectivity index is 3.31. The zero-order valence-electron chi connectivity index (χ0n) is 9.21. The largest absolute Gasteiger partial charge is 0.481 e. The molecular formula is C11H8F3NO2S. The topological polar surface area (TPSA) is 61.1 Å². The first kappa shape index (κ1) is 14.4. The fourth-order valence-corrected chi connectivity index (χ4v) is 2.15. The van der Waals surface area contributed by atoms with Crippen LogP contribution in [0, 0.1) is 18.3 Å². The molecule has 0 aliphatic heterocycles. The van der Waals surface area contributed by atoms with E-state index in [-0.39, 0.29) is 16.0 Å². The van der Waals surface area contributed by atoms with E-state index in [1.54, 1.807) is 6.07 Å². The van der Waals surface area contributed by atoms with Gasteiger partial charge >= 0.3 is 11.5 Å². The molecule has 0 bridgehead atoms. The number of aliphatic carboxylic acids is 1. The van der Waals surface area contributed by atoms with Gasteiger partial charge in [0.2, 0.25) is 0 Å². The zero-order chi connectivity index (χ0) is 13.9. The maximum absolute atomic E-state index is 12.4. The smallest absolute Gasteiger partial charge is 0.446 e. The van der Waals surface area contributed by atoms with Gasteiger partial charge in [0.15, 0.2) is 0 Å². The molecule has 1 rings (SSSR count). The van der Waals surface area contributed by atoms with Crippen molar-refractivity contribution < 1.29 is 23.1 Å². The summed E-state index contributed by atoms with van der Waals surface area (Å²) >= 11 is -0.396. The summed E-state index contributed by atoms with van der Waals surface area (Å²) in [6.45, 7) is 1.44. The van der Waals surface area contributed by atoms with Crippen molar-refractivity contribution in [3.05, 3.63) is 28.8 Å². The number of carboxylic acid groups (broad SMARTS) is 1. The first-order chi connectivity index (χ1) is 8.24. The van der Waals surface area contributed by atoms with Gasteiger partial charge in [-0.1, -0.05) is 12.1 Å². The fourth-order valence-electron chi connectivity index (χ4n) is 1.41. The van der Waals surface area contributed by atoms with E-state index in [4.69, 9.17) is 10.4 Å². The molecule has 0 fully saturated rings. The van der Waals surface area contributed by atoms with Crippen molar-refractivity contribution in [2.75, 3.05) is 0 Å². The number of hydrogen-bond donors (Lipinski definition) is 1. The van der Waals surface area contributed by atoms with Crippen molar-refractivity contribution in [2.24, 2.45) is 0 Å². The lowest BCUT2D eigenvalue weighted by Crippen LogP contribution is -2.06. The van der Waals surface area contributed by atoms with E-state index in [0.29, 0.717) is 5.56 Å². The minimum absolute atomic E-state index is 0.0855. The molecule has 0 aliphatic carbocycles. The van der Waals surface area contributed by atoms with E-state index >= 15 is 0 Å². The Morgan fingerprint density at radius 2 is 2.11 bits per heavy atom. The summed E-state index contributed by atoms with van der Waals surface area (Å²) in [7, 11) is 0. The molecule has 1 aromatic rings. The number of thioether (sulfide) groups is 1. The highest BCUT2D eigenvalue weighted by atomic mass is 32.2. The van der Waals surface area contributed by atoms with Gasteiger partial charge in [-0.2, -0.15) is 18.4 Å². The van der Waals surface area contributed by atoms with Gasteiger partial charge in [-0.05, 0) is 29.8 Å². The molecular weight excluding hydrogens is 267 g/mol. The lowest BCUT2D eigenvalue weighted by atomic mass is 10.0. The summed E-state index contributed by atoms with van der Waals surface area (Å²) in [5.74, 6) is -1.20. The van der Waals surface area contributed by atoms with E-state index in [1.165, 1.54) is 19.1 Å². The Hall–Kier alpha value is -1.68. The van der Waals surface area contributed by atoms with Gasteiger partial charge < -0.3 is 5.11 Å². The molecule has 0 heterocycles. The molecule has 1 aromatic carbocycles. The molecule has 0 saturated carbocycles. The van der Waals surface area contributed by atoms with Gasteiger partial charge in [-0.25, -0.2) is 0 Å². The Kier molecular flexibility index (Phi) is 4.24. The van der Waals surface area contributed by atoms with Gasteiger partial charge in [0.25, 0.3) is 0 Å². The van der Waals surface area contributed by atoms with Crippen LogP contribution in [0.15, 0.2) is 17.0 Å². The molecule has 0 aromatic heterocycles. The standard InChI is InChI=1S/C11H8F3NO2S/c1-6-2-3-7(4-9(16)17)8(5-15)10(6)18-11(12,13)14/h2-3H,4H2,1H3,(H,16,17). The second-order valence-electron chi connectivity index (χ2n) is 3.48. The van der Waals surface area contributed by atoms with Gasteiger partial charge in [0.05, 0.1) is 12.0 Å². The minimum atomic E-state index is -4.52. The Morgan fingerprint density at radius 3 is 2.56 bits per heavy atom. The van der Waals surface area contributed by atoms with Gasteiger partial charge in [-0.15, -0.1) is 0 Å². The highest BCUT2D eigenvalue weighted by Crippen LogP contribution is 2.41. The van der Waals surface area contributed by atoms with Crippen LogP contribution in [0.5, 0.6) is 0 Å². The van der Waals surface area contributed by atoms with Gasteiger partial charge in [0.1, 0.15) is 6.07 Å². The van der Waals surface area contributed by atoms with Crippen molar-refractivity contribution in [1.29, 1.82) is 5.26 Å². The molecule has 0 atom stereocenters. The van der Waals surface area contributed by atoms with Crippen LogP contribution in [-0.4, -0.2) is 16.6 Å². The lowest BCUT2D eigenvalue weighted by Gasteiger charge is -2.12. The molecule has 0 unspecified atom stereocenters. The predicted molar refractivity (Wildman–Crippen MR) is 59.1 cm³/mol. The van der Waals surface area contributed by atoms with Gasteiger partial charge in [-0.3, -0.25) is 4.79 Å². The molecule has 0 spiro atoms. The summed E-state index contributed by atoms with van der Waals surface area (Å²) in [4.78, 5) is 10.3. The van der Waals surface area contributed by atoms with Crippen LogP contribution in [0.3, 0.4) is 0 Å². The first-order valence-electron chi connectivity index (χ1n) is 4.74. The average Bonchev–Trinajstić information content (AvgIpc) is 2.20. The van der Waals surface area contributed by atoms with Crippen LogP contribution in [0.25, 0.3) is 0 Å². The Bertz CT molecular complexity index is 520. The van der Waals surface area contributed by atoms with Gasteiger partial charge in [0, 0.05) is 4.90 Å². The molecule has 96 valence electrons. The van der Waals surface area contributed by atoms with Crippen LogP contribution >= 0.6 is 11.8 Å². The molecule has 7 heteroatoms. The summed E-state index contributed by atoms with van der Waals surface area (Å²) in [5.41, 5.74) is -4.36. The molecule has 0 amide bonds. The van der Waals surface area contributed by atoms with E-state index in [9.17, 15) is 18.0 Å². The third kappa shape index (κ3) is 3.67. The lowest BCUT2D eigenvalue weighted by molar-refractivity contribution is -0.136. The van der Waals surface area contributed by atoms with Crippen LogP contribution < -0.4 is 0 Å². The molecule has 0 radical (unpaired) electrons. The maximum atomic E-state index is 12.4.